The predicted molar refractivity (Wildman–Crippen MR) is 249 cm³/mol. The van der Waals surface area contributed by atoms with Crippen LogP contribution in [0.5, 0.6) is 0 Å². The normalized spacial score (nSPS) is 27.3. The van der Waals surface area contributed by atoms with Gasteiger partial charge in [0.2, 0.25) is 0 Å². The maximum Gasteiger partial charge on any atom is 0.187 e. The highest BCUT2D eigenvalue weighted by atomic mass is 32.2. The van der Waals surface area contributed by atoms with Gasteiger partial charge in [-0.05, 0) is 39.9 Å². The summed E-state index contributed by atoms with van der Waals surface area (Å²) in [6, 6.07) is 58.6. The molecule has 3 saturated heterocycles. The summed E-state index contributed by atoms with van der Waals surface area (Å²) >= 11 is 1.45. The van der Waals surface area contributed by atoms with Crippen LogP contribution < -0.4 is 0 Å². The van der Waals surface area contributed by atoms with Crippen LogP contribution in [0.4, 0.5) is 0 Å². The molecule has 0 amide bonds. The molecule has 3 aliphatic rings. The van der Waals surface area contributed by atoms with Crippen molar-refractivity contribution in [3.05, 3.63) is 220 Å². The third-order valence-corrected chi connectivity index (χ3v) is 12.9. The lowest BCUT2D eigenvalue weighted by Gasteiger charge is -2.51. The highest BCUT2D eigenvalue weighted by molar-refractivity contribution is 7.99. The topological polar surface area (TPSA) is 132 Å². The fourth-order valence-corrected chi connectivity index (χ4v) is 9.55. The third kappa shape index (κ3) is 11.9. The lowest BCUT2D eigenvalue weighted by molar-refractivity contribution is -0.366. The number of thioether (sulfide) groups is 1. The van der Waals surface area contributed by atoms with Crippen molar-refractivity contribution in [3.63, 3.8) is 0 Å². The van der Waals surface area contributed by atoms with Crippen molar-refractivity contribution in [1.82, 2.24) is 0 Å². The molecule has 66 heavy (non-hydrogen) atoms. The molecule has 0 bridgehead atoms. The number of azide groups is 1. The molecule has 0 N–H and O–H groups in total. The number of ether oxygens (including phenoxy) is 9. The van der Waals surface area contributed by atoms with Crippen molar-refractivity contribution in [1.29, 1.82) is 0 Å². The van der Waals surface area contributed by atoms with Crippen LogP contribution in [0.1, 0.15) is 34.1 Å². The predicted octanol–water partition coefficient (Wildman–Crippen LogP) is 10.4. The standard InChI is InChI=1S/C53H53N3O9S/c54-56-55-45-48(47-44(63-53(45)66-42-29-17-6-18-30-42)36-61-51(64-47)41-27-15-5-16-28-41)65-52-50(60-34-40-25-13-4-14-26-40)49(59-33-39-23-11-3-12-24-39)46(58-32-38-21-9-2-10-22-38)43(62-52)35-57-31-37-19-7-1-8-20-37/h1-30,43-53H,31-36H2/t43-,44-,45+,46+,47-,48-,49+,50-,51?,52-,53-/m1/s1. The van der Waals surface area contributed by atoms with E-state index in [4.69, 9.17) is 42.6 Å². The second-order valence-electron chi connectivity index (χ2n) is 16.3. The van der Waals surface area contributed by atoms with Crippen LogP contribution in [0.2, 0.25) is 0 Å². The van der Waals surface area contributed by atoms with Crippen LogP contribution in [-0.2, 0) is 69.1 Å². The Morgan fingerprint density at radius 3 is 1.61 bits per heavy atom. The van der Waals surface area contributed by atoms with Crippen LogP contribution in [-0.4, -0.2) is 73.7 Å². The fourth-order valence-electron chi connectivity index (χ4n) is 8.42. The minimum atomic E-state index is -1.11. The van der Waals surface area contributed by atoms with Gasteiger partial charge in [-0.15, -0.1) is 0 Å². The summed E-state index contributed by atoms with van der Waals surface area (Å²) in [5.74, 6) is 0. The molecule has 12 nitrogen and oxygen atoms in total. The zero-order valence-electron chi connectivity index (χ0n) is 36.3. The lowest BCUT2D eigenvalue weighted by Crippen LogP contribution is -2.66. The molecule has 0 aliphatic carbocycles. The summed E-state index contributed by atoms with van der Waals surface area (Å²) in [7, 11) is 0. The van der Waals surface area contributed by atoms with Crippen LogP contribution >= 0.6 is 11.8 Å². The van der Waals surface area contributed by atoms with E-state index in [2.05, 4.69) is 10.0 Å². The Morgan fingerprint density at radius 2 is 1.05 bits per heavy atom. The van der Waals surface area contributed by atoms with E-state index in [-0.39, 0.29) is 33.0 Å². The first kappa shape index (κ1) is 45.8. The molecular weight excluding hydrogens is 855 g/mol. The van der Waals surface area contributed by atoms with Gasteiger partial charge in [0.1, 0.15) is 54.2 Å². The van der Waals surface area contributed by atoms with E-state index in [0.29, 0.717) is 6.61 Å². The Labute approximate surface area is 389 Å². The SMILES string of the molecule is [N-]=[N+]=N[C@H]1[C@@H](O[C@H]2O[C@H](COCc3ccccc3)[C@H](OCc3ccccc3)[C@H](OCc3ccccc3)[C@H]2OCc2ccccc2)[C@@H]2OC(c3ccccc3)OC[C@H]2O[C@@H]1Sc1ccccc1. The number of nitrogens with zero attached hydrogens (tertiary/aromatic N) is 3. The molecule has 3 heterocycles. The largest absolute Gasteiger partial charge is 0.374 e. The highest BCUT2D eigenvalue weighted by Crippen LogP contribution is 2.43. The van der Waals surface area contributed by atoms with Crippen molar-refractivity contribution in [2.45, 2.75) is 98.1 Å². The van der Waals surface area contributed by atoms with Gasteiger partial charge in [-0.3, -0.25) is 0 Å². The van der Waals surface area contributed by atoms with Gasteiger partial charge in [-0.1, -0.05) is 187 Å². The average Bonchev–Trinajstić information content (AvgIpc) is 3.37. The second kappa shape index (κ2) is 23.4. The molecule has 6 aromatic rings. The van der Waals surface area contributed by atoms with Gasteiger partial charge < -0.3 is 42.6 Å². The maximum absolute atomic E-state index is 10.2. The maximum atomic E-state index is 10.2. The van der Waals surface area contributed by atoms with E-state index in [1.807, 2.05) is 182 Å². The van der Waals surface area contributed by atoms with Gasteiger partial charge in [0.05, 0.1) is 39.6 Å². The van der Waals surface area contributed by atoms with E-state index in [0.717, 1.165) is 32.7 Å². The zero-order valence-corrected chi connectivity index (χ0v) is 37.2. The Hall–Kier alpha value is -5.38. The summed E-state index contributed by atoms with van der Waals surface area (Å²) in [6.45, 7) is 1.43. The minimum absolute atomic E-state index is 0.136. The molecular formula is C53H53N3O9S. The van der Waals surface area contributed by atoms with Gasteiger partial charge in [-0.25, -0.2) is 0 Å². The van der Waals surface area contributed by atoms with Crippen LogP contribution in [0, 0.1) is 0 Å². The molecule has 11 atom stereocenters. The van der Waals surface area contributed by atoms with Crippen molar-refractivity contribution >= 4 is 11.8 Å². The monoisotopic (exact) mass is 907 g/mol. The van der Waals surface area contributed by atoms with Crippen molar-refractivity contribution < 1.29 is 42.6 Å². The summed E-state index contributed by atoms with van der Waals surface area (Å²) in [6.07, 6.45) is -7.14. The van der Waals surface area contributed by atoms with Crippen molar-refractivity contribution in [2.24, 2.45) is 5.11 Å². The molecule has 1 unspecified atom stereocenters. The van der Waals surface area contributed by atoms with Crippen LogP contribution in [0.15, 0.2) is 192 Å². The molecule has 3 fully saturated rings. The number of rotatable bonds is 19. The summed E-state index contributed by atoms with van der Waals surface area (Å²) in [5.41, 5.74) is 14.3. The first-order valence-corrected chi connectivity index (χ1v) is 23.2. The van der Waals surface area contributed by atoms with Gasteiger partial charge >= 0.3 is 0 Å². The van der Waals surface area contributed by atoms with Gasteiger partial charge in [0, 0.05) is 15.4 Å². The third-order valence-electron chi connectivity index (χ3n) is 11.7. The Morgan fingerprint density at radius 1 is 0.545 bits per heavy atom. The van der Waals surface area contributed by atoms with Gasteiger partial charge in [-0.2, -0.15) is 0 Å². The van der Waals surface area contributed by atoms with Gasteiger partial charge in [0.25, 0.3) is 0 Å². The number of benzene rings is 6. The number of hydrogen-bond donors (Lipinski definition) is 0. The van der Waals surface area contributed by atoms with Crippen LogP contribution in [0.25, 0.3) is 10.4 Å². The molecule has 6 aromatic carbocycles. The molecule has 0 radical (unpaired) electrons. The molecule has 0 spiro atoms. The van der Waals surface area contributed by atoms with E-state index in [9.17, 15) is 5.53 Å². The quantitative estimate of drug-likeness (QED) is 0.0440. The van der Waals surface area contributed by atoms with Gasteiger partial charge in [0.15, 0.2) is 12.6 Å². The molecule has 3 aliphatic heterocycles. The van der Waals surface area contributed by atoms with E-state index in [1.165, 1.54) is 11.8 Å². The molecule has 0 saturated carbocycles. The molecule has 0 aromatic heterocycles. The summed E-state index contributed by atoms with van der Waals surface area (Å²) < 4.78 is 61.7. The number of hydrogen-bond acceptors (Lipinski definition) is 11. The first-order valence-electron chi connectivity index (χ1n) is 22.3. The van der Waals surface area contributed by atoms with Crippen molar-refractivity contribution in [3.8, 4) is 0 Å². The number of fused-ring (bicyclic) bond motifs is 1. The lowest BCUT2D eigenvalue weighted by atomic mass is 9.95. The van der Waals surface area contributed by atoms with E-state index >= 15 is 0 Å². The Bertz CT molecular complexity index is 2390. The smallest absolute Gasteiger partial charge is 0.187 e. The average molecular weight is 908 g/mol. The molecule has 13 heteroatoms. The van der Waals surface area contributed by atoms with Crippen LogP contribution in [0.3, 0.4) is 0 Å². The Kier molecular flexibility index (Phi) is 16.2. The van der Waals surface area contributed by atoms with E-state index in [1.54, 1.807) is 0 Å². The highest BCUT2D eigenvalue weighted by Gasteiger charge is 2.55. The molecule has 9 rings (SSSR count). The first-order chi connectivity index (χ1) is 32.7. The summed E-state index contributed by atoms with van der Waals surface area (Å²) in [4.78, 5) is 4.29. The Balaban J connectivity index is 1.10. The van der Waals surface area contributed by atoms with E-state index < -0.39 is 66.8 Å². The molecule has 340 valence electrons. The zero-order chi connectivity index (χ0) is 44.8. The van der Waals surface area contributed by atoms with Crippen molar-refractivity contribution in [2.75, 3.05) is 13.2 Å². The fraction of sp³-hybridized carbons (Fsp3) is 0.321. The second-order valence-corrected chi connectivity index (χ2v) is 17.4. The minimum Gasteiger partial charge on any atom is -0.374 e. The summed E-state index contributed by atoms with van der Waals surface area (Å²) in [5, 5.41) is 4.40.